The minimum Gasteiger partial charge on any atom is -0.393 e. The van der Waals surface area contributed by atoms with Crippen molar-refractivity contribution in [2.45, 2.75) is 124 Å². The van der Waals surface area contributed by atoms with Crippen LogP contribution in [0, 0.1) is 51.8 Å². The third-order valence-corrected chi connectivity index (χ3v) is 11.6. The first kappa shape index (κ1) is 27.5. The largest absolute Gasteiger partial charge is 0.394 e. The van der Waals surface area contributed by atoms with Crippen LogP contribution in [0.5, 0.6) is 0 Å². The van der Waals surface area contributed by atoms with Crippen LogP contribution in [0.1, 0.15) is 106 Å². The SMILES string of the molecule is C[C@H](CC[C@H](O)C(C)(C)C)[C@H]1CC[C@H]2[C@@H]3CC=C4C[C@@H](O)[C@@H](C(F)(F)F)CC[C@]4(C)[C@H]3CC[C@]12C. The van der Waals surface area contributed by atoms with Crippen molar-refractivity contribution in [3.8, 4) is 0 Å². The van der Waals surface area contributed by atoms with E-state index in [-0.39, 0.29) is 35.2 Å². The molecule has 4 rings (SSSR count). The highest BCUT2D eigenvalue weighted by Gasteiger charge is 2.60. The molecule has 35 heavy (non-hydrogen) atoms. The lowest BCUT2D eigenvalue weighted by atomic mass is 9.48. The minimum atomic E-state index is -4.33. The Labute approximate surface area is 211 Å². The summed E-state index contributed by atoms with van der Waals surface area (Å²) in [6.07, 6.45) is 4.65. The van der Waals surface area contributed by atoms with Crippen molar-refractivity contribution in [2.75, 3.05) is 0 Å². The van der Waals surface area contributed by atoms with Gasteiger partial charge in [0.05, 0.1) is 18.1 Å². The highest BCUT2D eigenvalue weighted by molar-refractivity contribution is 5.25. The molecule has 10 atom stereocenters. The van der Waals surface area contributed by atoms with E-state index in [1.165, 1.54) is 12.8 Å². The maximum atomic E-state index is 13.6. The average molecular weight is 499 g/mol. The maximum Gasteiger partial charge on any atom is 0.394 e. The second-order valence-electron chi connectivity index (χ2n) is 14.4. The first-order chi connectivity index (χ1) is 16.1. The molecule has 0 heterocycles. The van der Waals surface area contributed by atoms with Gasteiger partial charge in [-0.15, -0.1) is 0 Å². The zero-order valence-electron chi connectivity index (χ0n) is 22.8. The molecule has 0 aromatic carbocycles. The molecule has 0 bridgehead atoms. The normalized spacial score (nSPS) is 43.9. The second-order valence-corrected chi connectivity index (χ2v) is 14.4. The highest BCUT2D eigenvalue weighted by atomic mass is 19.4. The fraction of sp³-hybridized carbons (Fsp3) is 0.933. The van der Waals surface area contributed by atoms with E-state index in [0.29, 0.717) is 36.0 Å². The summed E-state index contributed by atoms with van der Waals surface area (Å²) in [5.74, 6) is 1.23. The monoisotopic (exact) mass is 498 g/mol. The van der Waals surface area contributed by atoms with Gasteiger partial charge in [0, 0.05) is 0 Å². The maximum absolute atomic E-state index is 13.6. The third kappa shape index (κ3) is 4.87. The first-order valence-corrected chi connectivity index (χ1v) is 14.2. The van der Waals surface area contributed by atoms with Crippen LogP contribution < -0.4 is 0 Å². The first-order valence-electron chi connectivity index (χ1n) is 14.2. The zero-order chi connectivity index (χ0) is 26.0. The van der Waals surface area contributed by atoms with Gasteiger partial charge in [-0.1, -0.05) is 53.2 Å². The zero-order valence-corrected chi connectivity index (χ0v) is 22.8. The van der Waals surface area contributed by atoms with Gasteiger partial charge in [0.1, 0.15) is 0 Å². The summed E-state index contributed by atoms with van der Waals surface area (Å²) in [5.41, 5.74) is 1.08. The number of rotatable bonds is 4. The van der Waals surface area contributed by atoms with E-state index in [9.17, 15) is 23.4 Å². The van der Waals surface area contributed by atoms with Crippen molar-refractivity contribution in [1.29, 1.82) is 0 Å². The Bertz CT molecular complexity index is 798. The van der Waals surface area contributed by atoms with E-state index >= 15 is 0 Å². The molecule has 3 fully saturated rings. The number of fused-ring (bicyclic) bond motifs is 5. The topological polar surface area (TPSA) is 40.5 Å². The summed E-state index contributed by atoms with van der Waals surface area (Å²) in [6.45, 7) is 13.4. The summed E-state index contributed by atoms with van der Waals surface area (Å²) in [4.78, 5) is 0. The van der Waals surface area contributed by atoms with Crippen LogP contribution in [0.15, 0.2) is 11.6 Å². The predicted octanol–water partition coefficient (Wildman–Crippen LogP) is 7.93. The Morgan fingerprint density at radius 3 is 2.31 bits per heavy atom. The highest BCUT2D eigenvalue weighted by Crippen LogP contribution is 2.67. The van der Waals surface area contributed by atoms with Crippen LogP contribution in [-0.2, 0) is 0 Å². The molecule has 2 nitrogen and oxygen atoms in total. The standard InChI is InChI=1S/C30H49F3O2/c1-18(7-12-26(35)27(2,3)4)21-10-11-22-20-9-8-19-17-25(34)24(30(31,32)33)14-15-28(19,5)23(20)13-16-29(21,22)6/h8,18,20-26,34-35H,7,9-17H2,1-6H3/t18-,20+,21-,22+,23+,24+,25-,26+,28+,29-/m1/s1. The lowest BCUT2D eigenvalue weighted by Gasteiger charge is -2.57. The van der Waals surface area contributed by atoms with Crippen molar-refractivity contribution in [3.05, 3.63) is 11.6 Å². The Kier molecular flexibility index (Phi) is 7.32. The fourth-order valence-corrected chi connectivity index (χ4v) is 9.25. The van der Waals surface area contributed by atoms with Gasteiger partial charge in [0.2, 0.25) is 0 Å². The molecule has 3 saturated carbocycles. The number of hydrogen-bond acceptors (Lipinski definition) is 2. The van der Waals surface area contributed by atoms with Crippen LogP contribution in [0.3, 0.4) is 0 Å². The van der Waals surface area contributed by atoms with Crippen molar-refractivity contribution in [3.63, 3.8) is 0 Å². The van der Waals surface area contributed by atoms with Gasteiger partial charge in [0.25, 0.3) is 0 Å². The number of aliphatic hydroxyl groups is 2. The van der Waals surface area contributed by atoms with Crippen molar-refractivity contribution in [2.24, 2.45) is 51.8 Å². The summed E-state index contributed by atoms with van der Waals surface area (Å²) in [5, 5.41) is 21.1. The number of aliphatic hydroxyl groups excluding tert-OH is 2. The molecular weight excluding hydrogens is 449 g/mol. The van der Waals surface area contributed by atoms with Crippen molar-refractivity contribution in [1.82, 2.24) is 0 Å². The van der Waals surface area contributed by atoms with Crippen molar-refractivity contribution >= 4 is 0 Å². The van der Waals surface area contributed by atoms with E-state index in [1.807, 2.05) is 0 Å². The molecule has 2 N–H and O–H groups in total. The molecule has 4 aliphatic rings. The molecule has 0 aliphatic heterocycles. The molecule has 0 amide bonds. The molecule has 0 saturated heterocycles. The number of allylic oxidation sites excluding steroid dienone is 1. The minimum absolute atomic E-state index is 0.0411. The van der Waals surface area contributed by atoms with Crippen LogP contribution >= 0.6 is 0 Å². The van der Waals surface area contributed by atoms with Gasteiger partial charge in [-0.25, -0.2) is 0 Å². The lowest BCUT2D eigenvalue weighted by molar-refractivity contribution is -0.200. The molecular formula is C30H49F3O2. The van der Waals surface area contributed by atoms with Gasteiger partial charge in [0.15, 0.2) is 0 Å². The molecule has 0 spiro atoms. The van der Waals surface area contributed by atoms with Crippen molar-refractivity contribution < 1.29 is 23.4 Å². The van der Waals surface area contributed by atoms with E-state index in [1.54, 1.807) is 0 Å². The Morgan fingerprint density at radius 2 is 1.69 bits per heavy atom. The second kappa shape index (κ2) is 9.33. The third-order valence-electron chi connectivity index (χ3n) is 11.6. The van der Waals surface area contributed by atoms with Crippen LogP contribution in [0.2, 0.25) is 0 Å². The Morgan fingerprint density at radius 1 is 1.00 bits per heavy atom. The molecule has 4 aliphatic carbocycles. The lowest BCUT2D eigenvalue weighted by Crippen LogP contribution is -2.49. The van der Waals surface area contributed by atoms with Gasteiger partial charge in [-0.2, -0.15) is 13.2 Å². The molecule has 0 radical (unpaired) electrons. The molecule has 0 aromatic rings. The summed E-state index contributed by atoms with van der Waals surface area (Å²) < 4.78 is 40.9. The van der Waals surface area contributed by atoms with Gasteiger partial charge in [-0.05, 0) is 110 Å². The van der Waals surface area contributed by atoms with Gasteiger partial charge >= 0.3 is 6.18 Å². The van der Waals surface area contributed by atoms with E-state index in [2.05, 4.69) is 47.6 Å². The molecule has 202 valence electrons. The quantitative estimate of drug-likeness (QED) is 0.386. The summed E-state index contributed by atoms with van der Waals surface area (Å²) in [7, 11) is 0. The number of alkyl halides is 3. The average Bonchev–Trinajstić information content (AvgIpc) is 3.02. The van der Waals surface area contributed by atoms with Gasteiger partial charge in [-0.3, -0.25) is 0 Å². The predicted molar refractivity (Wildman–Crippen MR) is 135 cm³/mol. The smallest absolute Gasteiger partial charge is 0.393 e. The van der Waals surface area contributed by atoms with Crippen LogP contribution in [0.4, 0.5) is 13.2 Å². The van der Waals surface area contributed by atoms with E-state index in [0.717, 1.165) is 37.7 Å². The molecule has 5 heteroatoms. The molecule has 0 unspecified atom stereocenters. The van der Waals surface area contributed by atoms with E-state index in [4.69, 9.17) is 0 Å². The molecule has 0 aromatic heterocycles. The van der Waals surface area contributed by atoms with Gasteiger partial charge < -0.3 is 10.2 Å². The Hall–Kier alpha value is -0.550. The number of halogens is 3. The number of hydrogen-bond donors (Lipinski definition) is 2. The fourth-order valence-electron chi connectivity index (χ4n) is 9.25. The summed E-state index contributed by atoms with van der Waals surface area (Å²) in [6, 6.07) is 0. The Balaban J connectivity index is 1.50. The summed E-state index contributed by atoms with van der Waals surface area (Å²) >= 11 is 0. The van der Waals surface area contributed by atoms with Crippen LogP contribution in [-0.4, -0.2) is 28.6 Å². The van der Waals surface area contributed by atoms with Crippen LogP contribution in [0.25, 0.3) is 0 Å². The van der Waals surface area contributed by atoms with E-state index < -0.39 is 18.2 Å².